The molecule has 0 bridgehead atoms. The summed E-state index contributed by atoms with van der Waals surface area (Å²) in [6.07, 6.45) is 11.1. The topological polar surface area (TPSA) is 3.24 Å². The summed E-state index contributed by atoms with van der Waals surface area (Å²) < 4.78 is 0. The summed E-state index contributed by atoms with van der Waals surface area (Å²) in [6, 6.07) is 22.8. The Labute approximate surface area is 140 Å². The Bertz CT molecular complexity index is 602. The Balaban J connectivity index is 1.57. The molecule has 0 radical (unpaired) electrons. The van der Waals surface area contributed by atoms with E-state index in [1.54, 1.807) is 0 Å². The number of nitrogens with zero attached hydrogens (tertiary/aromatic N) is 1. The van der Waals surface area contributed by atoms with Crippen molar-refractivity contribution in [1.29, 1.82) is 0 Å². The van der Waals surface area contributed by atoms with Crippen molar-refractivity contribution in [1.82, 2.24) is 4.90 Å². The molecule has 2 aromatic rings. The molecule has 0 amide bonds. The van der Waals surface area contributed by atoms with E-state index >= 15 is 0 Å². The monoisotopic (exact) mass is 305 g/mol. The van der Waals surface area contributed by atoms with E-state index in [-0.39, 0.29) is 0 Å². The van der Waals surface area contributed by atoms with E-state index in [0.29, 0.717) is 12.1 Å². The fraction of sp³-hybridized carbons (Fsp3) is 0.364. The molecule has 0 spiro atoms. The van der Waals surface area contributed by atoms with Crippen LogP contribution in [-0.4, -0.2) is 24.0 Å². The highest BCUT2D eigenvalue weighted by Crippen LogP contribution is 2.25. The Morgan fingerprint density at radius 2 is 1.65 bits per heavy atom. The third kappa shape index (κ3) is 4.56. The first-order valence-corrected chi connectivity index (χ1v) is 8.82. The van der Waals surface area contributed by atoms with Gasteiger partial charge in [0, 0.05) is 12.1 Å². The van der Waals surface area contributed by atoms with Crippen LogP contribution in [0, 0.1) is 0 Å². The van der Waals surface area contributed by atoms with E-state index in [9.17, 15) is 0 Å². The summed E-state index contributed by atoms with van der Waals surface area (Å²) in [5, 5.41) is 0. The summed E-state index contributed by atoms with van der Waals surface area (Å²) in [6.45, 7) is 0. The lowest BCUT2D eigenvalue weighted by Gasteiger charge is -2.38. The molecule has 0 N–H and O–H groups in total. The van der Waals surface area contributed by atoms with E-state index in [0.717, 1.165) is 0 Å². The maximum absolute atomic E-state index is 2.59. The van der Waals surface area contributed by atoms with Crippen LogP contribution in [0.15, 0.2) is 66.7 Å². The van der Waals surface area contributed by atoms with E-state index in [1.165, 1.54) is 43.2 Å². The molecule has 1 nitrogen and oxygen atoms in total. The summed E-state index contributed by atoms with van der Waals surface area (Å²) in [5.74, 6) is 0. The van der Waals surface area contributed by atoms with Crippen LogP contribution in [0.3, 0.4) is 0 Å². The van der Waals surface area contributed by atoms with Crippen LogP contribution in [0.4, 0.5) is 0 Å². The molecule has 1 fully saturated rings. The lowest BCUT2D eigenvalue weighted by molar-refractivity contribution is 0.136. The number of piperidine rings is 1. The van der Waals surface area contributed by atoms with E-state index in [1.807, 2.05) is 0 Å². The summed E-state index contributed by atoms with van der Waals surface area (Å²) >= 11 is 0. The van der Waals surface area contributed by atoms with Crippen molar-refractivity contribution in [3.63, 3.8) is 0 Å². The predicted molar refractivity (Wildman–Crippen MR) is 99.4 cm³/mol. The van der Waals surface area contributed by atoms with Crippen molar-refractivity contribution in [2.75, 3.05) is 7.05 Å². The maximum atomic E-state index is 2.59. The Kier molecular flexibility index (Phi) is 5.65. The van der Waals surface area contributed by atoms with Gasteiger partial charge in [-0.25, -0.2) is 0 Å². The molecule has 120 valence electrons. The summed E-state index contributed by atoms with van der Waals surface area (Å²) in [5.41, 5.74) is 2.76. The molecule has 0 aliphatic carbocycles. The fourth-order valence-corrected chi connectivity index (χ4v) is 3.58. The number of aryl methyl sites for hydroxylation is 1. The first-order chi connectivity index (χ1) is 11.3. The molecular weight excluding hydrogens is 278 g/mol. The van der Waals surface area contributed by atoms with Gasteiger partial charge in [-0.2, -0.15) is 0 Å². The van der Waals surface area contributed by atoms with Crippen molar-refractivity contribution in [3.05, 3.63) is 77.9 Å². The second kappa shape index (κ2) is 8.12. The quantitative estimate of drug-likeness (QED) is 0.735. The number of benzene rings is 2. The largest absolute Gasteiger partial charge is 0.297 e. The second-order valence-electron chi connectivity index (χ2n) is 6.61. The van der Waals surface area contributed by atoms with Crippen LogP contribution in [0.2, 0.25) is 0 Å². The minimum Gasteiger partial charge on any atom is -0.297 e. The molecule has 1 aliphatic heterocycles. The zero-order valence-electron chi connectivity index (χ0n) is 14.1. The van der Waals surface area contributed by atoms with Crippen molar-refractivity contribution >= 4 is 6.08 Å². The van der Waals surface area contributed by atoms with Gasteiger partial charge in [-0.3, -0.25) is 4.90 Å². The second-order valence-corrected chi connectivity index (χ2v) is 6.61. The van der Waals surface area contributed by atoms with Gasteiger partial charge in [0.05, 0.1) is 0 Å². The van der Waals surface area contributed by atoms with Gasteiger partial charge < -0.3 is 0 Å². The minimum absolute atomic E-state index is 0.574. The molecule has 1 heterocycles. The van der Waals surface area contributed by atoms with E-state index in [2.05, 4.69) is 84.8 Å². The highest BCUT2D eigenvalue weighted by molar-refractivity contribution is 5.49. The van der Waals surface area contributed by atoms with Gasteiger partial charge in [0.25, 0.3) is 0 Å². The Morgan fingerprint density at radius 1 is 0.957 bits per heavy atom. The zero-order valence-corrected chi connectivity index (χ0v) is 14.1. The van der Waals surface area contributed by atoms with E-state index in [4.69, 9.17) is 0 Å². The molecule has 23 heavy (non-hydrogen) atoms. The van der Waals surface area contributed by atoms with Crippen molar-refractivity contribution in [2.45, 2.75) is 44.2 Å². The van der Waals surface area contributed by atoms with Gasteiger partial charge in [0.2, 0.25) is 0 Å². The number of likely N-dealkylation sites (tertiary alicyclic amines) is 1. The standard InChI is InChI=1S/C22H27N/c1-23-21(17-15-19-9-4-2-5-10-19)13-8-14-22(23)18-16-20-11-6-3-7-12-20/h2-7,9-12,15,17,21-22H,8,13-14,16,18H2,1H3/b17-15+/t21-,22+/m1/s1. The average Bonchev–Trinajstić information content (AvgIpc) is 2.61. The molecule has 1 aliphatic rings. The van der Waals surface area contributed by atoms with Gasteiger partial charge in [0.1, 0.15) is 0 Å². The lowest BCUT2D eigenvalue weighted by Crippen LogP contribution is -2.43. The first-order valence-electron chi connectivity index (χ1n) is 8.82. The molecule has 0 aromatic heterocycles. The highest BCUT2D eigenvalue weighted by atomic mass is 15.2. The molecule has 2 aromatic carbocycles. The summed E-state index contributed by atoms with van der Waals surface area (Å²) in [4.78, 5) is 2.59. The maximum Gasteiger partial charge on any atom is 0.0281 e. The SMILES string of the molecule is CN1[C@H](CCc2ccccc2)CCC[C@@H]1/C=C/c1ccccc1. The number of hydrogen-bond donors (Lipinski definition) is 0. The van der Waals surface area contributed by atoms with Gasteiger partial charge in [-0.05, 0) is 43.9 Å². The van der Waals surface area contributed by atoms with Gasteiger partial charge in [0.15, 0.2) is 0 Å². The number of hydrogen-bond acceptors (Lipinski definition) is 1. The molecule has 0 unspecified atom stereocenters. The molecular formula is C22H27N. The van der Waals surface area contributed by atoms with Crippen LogP contribution in [0.1, 0.15) is 36.8 Å². The highest BCUT2D eigenvalue weighted by Gasteiger charge is 2.25. The van der Waals surface area contributed by atoms with Crippen molar-refractivity contribution in [3.8, 4) is 0 Å². The predicted octanol–water partition coefficient (Wildman–Crippen LogP) is 5.19. The number of likely N-dealkylation sites (N-methyl/N-ethyl adjacent to an activating group) is 1. The summed E-state index contributed by atoms with van der Waals surface area (Å²) in [7, 11) is 2.30. The van der Waals surface area contributed by atoms with E-state index < -0.39 is 0 Å². The Hall–Kier alpha value is -1.86. The average molecular weight is 305 g/mol. The fourth-order valence-electron chi connectivity index (χ4n) is 3.58. The zero-order chi connectivity index (χ0) is 15.9. The van der Waals surface area contributed by atoms with Crippen LogP contribution < -0.4 is 0 Å². The normalized spacial score (nSPS) is 22.5. The van der Waals surface area contributed by atoms with Crippen molar-refractivity contribution in [2.24, 2.45) is 0 Å². The lowest BCUT2D eigenvalue weighted by atomic mass is 9.91. The van der Waals surface area contributed by atoms with Crippen LogP contribution in [-0.2, 0) is 6.42 Å². The van der Waals surface area contributed by atoms with Gasteiger partial charge >= 0.3 is 0 Å². The minimum atomic E-state index is 0.574. The Morgan fingerprint density at radius 3 is 2.39 bits per heavy atom. The third-order valence-electron chi connectivity index (χ3n) is 5.06. The number of rotatable bonds is 5. The van der Waals surface area contributed by atoms with Crippen LogP contribution in [0.25, 0.3) is 6.08 Å². The van der Waals surface area contributed by atoms with Gasteiger partial charge in [-0.1, -0.05) is 79.2 Å². The third-order valence-corrected chi connectivity index (χ3v) is 5.06. The molecule has 3 rings (SSSR count). The molecule has 1 saturated heterocycles. The van der Waals surface area contributed by atoms with Crippen LogP contribution >= 0.6 is 0 Å². The smallest absolute Gasteiger partial charge is 0.0281 e. The molecule has 1 heteroatoms. The molecule has 0 saturated carbocycles. The molecule has 2 atom stereocenters. The van der Waals surface area contributed by atoms with Crippen molar-refractivity contribution < 1.29 is 0 Å². The van der Waals surface area contributed by atoms with Crippen LogP contribution in [0.5, 0.6) is 0 Å². The van der Waals surface area contributed by atoms with Gasteiger partial charge in [-0.15, -0.1) is 0 Å². The first kappa shape index (κ1) is 16.0.